The van der Waals surface area contributed by atoms with Crippen molar-refractivity contribution in [2.45, 2.75) is 5.41 Å². The number of benzene rings is 9. The number of aromatic nitrogens is 1. The Kier molecular flexibility index (Phi) is 6.91. The van der Waals surface area contributed by atoms with Gasteiger partial charge < -0.3 is 0 Å². The SMILES string of the molecule is c1ccc(-c2ccc(-c3c4ccccc4c(-c4ccc(-c5ccc6c(c5)-c5ccccc5C65c6ccccc6-c6ccccc65)nc4)c4ccccc34)cc2)cc1. The van der Waals surface area contributed by atoms with Crippen LogP contribution in [0.1, 0.15) is 22.3 Å². The van der Waals surface area contributed by atoms with E-state index in [1.54, 1.807) is 0 Å². The van der Waals surface area contributed by atoms with Crippen LogP contribution in [-0.2, 0) is 5.41 Å². The maximum absolute atomic E-state index is 5.20. The Morgan fingerprint density at radius 2 is 0.684 bits per heavy atom. The Morgan fingerprint density at radius 3 is 1.23 bits per heavy atom. The van der Waals surface area contributed by atoms with Crippen LogP contribution in [0.25, 0.3) is 88.4 Å². The number of fused-ring (bicyclic) bond motifs is 12. The maximum atomic E-state index is 5.20. The van der Waals surface area contributed by atoms with Gasteiger partial charge in [0.2, 0.25) is 0 Å². The zero-order valence-electron chi connectivity index (χ0n) is 31.2. The van der Waals surface area contributed by atoms with Gasteiger partial charge in [-0.05, 0) is 106 Å². The molecular formula is C56H35N. The zero-order chi connectivity index (χ0) is 37.5. The lowest BCUT2D eigenvalue weighted by atomic mass is 9.70. The van der Waals surface area contributed by atoms with Crippen LogP contribution in [0.15, 0.2) is 212 Å². The van der Waals surface area contributed by atoms with Crippen molar-refractivity contribution in [2.24, 2.45) is 0 Å². The van der Waals surface area contributed by atoms with Crippen LogP contribution >= 0.6 is 0 Å². The molecule has 9 aromatic carbocycles. The average molecular weight is 722 g/mol. The zero-order valence-corrected chi connectivity index (χ0v) is 31.2. The van der Waals surface area contributed by atoms with Gasteiger partial charge in [-0.25, -0.2) is 0 Å². The van der Waals surface area contributed by atoms with Crippen LogP contribution in [0.4, 0.5) is 0 Å². The second-order valence-electron chi connectivity index (χ2n) is 15.4. The van der Waals surface area contributed by atoms with Gasteiger partial charge in [-0.3, -0.25) is 4.98 Å². The van der Waals surface area contributed by atoms with Gasteiger partial charge in [0, 0.05) is 17.3 Å². The quantitative estimate of drug-likeness (QED) is 0.165. The fourth-order valence-electron chi connectivity index (χ4n) is 10.2. The summed E-state index contributed by atoms with van der Waals surface area (Å²) in [6, 6.07) is 75.7. The minimum Gasteiger partial charge on any atom is -0.256 e. The minimum absolute atomic E-state index is 0.340. The molecule has 2 aliphatic carbocycles. The summed E-state index contributed by atoms with van der Waals surface area (Å²) in [4.78, 5) is 5.20. The Labute approximate surface area is 332 Å². The molecule has 0 saturated carbocycles. The highest BCUT2D eigenvalue weighted by atomic mass is 14.7. The fourth-order valence-corrected chi connectivity index (χ4v) is 10.2. The number of rotatable bonds is 4. The lowest BCUT2D eigenvalue weighted by Crippen LogP contribution is -2.25. The molecule has 0 saturated heterocycles. The van der Waals surface area contributed by atoms with Crippen molar-refractivity contribution < 1.29 is 0 Å². The highest BCUT2D eigenvalue weighted by Gasteiger charge is 2.51. The normalized spacial score (nSPS) is 13.1. The first-order valence-electron chi connectivity index (χ1n) is 19.8. The highest BCUT2D eigenvalue weighted by Crippen LogP contribution is 2.63. The van der Waals surface area contributed by atoms with E-state index < -0.39 is 0 Å². The van der Waals surface area contributed by atoms with Gasteiger partial charge in [-0.15, -0.1) is 0 Å². The molecule has 12 rings (SSSR count). The van der Waals surface area contributed by atoms with Gasteiger partial charge >= 0.3 is 0 Å². The molecule has 1 nitrogen and oxygen atoms in total. The molecule has 0 fully saturated rings. The summed E-state index contributed by atoms with van der Waals surface area (Å²) in [5, 5.41) is 4.93. The van der Waals surface area contributed by atoms with E-state index in [1.165, 1.54) is 93.9 Å². The van der Waals surface area contributed by atoms with Crippen molar-refractivity contribution in [3.05, 3.63) is 235 Å². The minimum atomic E-state index is -0.340. The molecule has 0 radical (unpaired) electrons. The van der Waals surface area contributed by atoms with E-state index >= 15 is 0 Å². The molecule has 0 aliphatic heterocycles. The van der Waals surface area contributed by atoms with E-state index in [-0.39, 0.29) is 5.41 Å². The van der Waals surface area contributed by atoms with Crippen molar-refractivity contribution in [1.29, 1.82) is 0 Å². The van der Waals surface area contributed by atoms with Gasteiger partial charge in [0.05, 0.1) is 11.1 Å². The summed E-state index contributed by atoms with van der Waals surface area (Å²) >= 11 is 0. The first-order valence-corrected chi connectivity index (χ1v) is 19.8. The highest BCUT2D eigenvalue weighted by molar-refractivity contribution is 6.21. The number of hydrogen-bond acceptors (Lipinski definition) is 1. The van der Waals surface area contributed by atoms with Crippen LogP contribution < -0.4 is 0 Å². The van der Waals surface area contributed by atoms with Crippen LogP contribution in [-0.4, -0.2) is 4.98 Å². The number of pyridine rings is 1. The Bertz CT molecular complexity index is 3110. The average Bonchev–Trinajstić information content (AvgIpc) is 3.76. The van der Waals surface area contributed by atoms with E-state index in [0.29, 0.717) is 0 Å². The summed E-state index contributed by atoms with van der Waals surface area (Å²) in [7, 11) is 0. The van der Waals surface area contributed by atoms with E-state index in [0.717, 1.165) is 16.8 Å². The van der Waals surface area contributed by atoms with E-state index in [4.69, 9.17) is 4.98 Å². The van der Waals surface area contributed by atoms with Crippen LogP contribution in [0.2, 0.25) is 0 Å². The first-order chi connectivity index (χ1) is 28.3. The molecule has 0 unspecified atom stereocenters. The lowest BCUT2D eigenvalue weighted by Gasteiger charge is -2.30. The van der Waals surface area contributed by atoms with Crippen molar-refractivity contribution in [3.8, 4) is 66.9 Å². The van der Waals surface area contributed by atoms with Gasteiger partial charge in [0.15, 0.2) is 0 Å². The third-order valence-corrected chi connectivity index (χ3v) is 12.6. The van der Waals surface area contributed by atoms with Gasteiger partial charge in [-0.1, -0.05) is 194 Å². The predicted octanol–water partition coefficient (Wildman–Crippen LogP) is 14.4. The summed E-state index contributed by atoms with van der Waals surface area (Å²) in [6.45, 7) is 0. The maximum Gasteiger partial charge on any atom is 0.0725 e. The Hall–Kier alpha value is -7.35. The molecular weight excluding hydrogens is 687 g/mol. The predicted molar refractivity (Wildman–Crippen MR) is 237 cm³/mol. The Morgan fingerprint density at radius 1 is 0.281 bits per heavy atom. The summed E-state index contributed by atoms with van der Waals surface area (Å²) in [6.07, 6.45) is 2.07. The third kappa shape index (κ3) is 4.54. The largest absolute Gasteiger partial charge is 0.256 e. The van der Waals surface area contributed by atoms with Crippen LogP contribution in [0.5, 0.6) is 0 Å². The smallest absolute Gasteiger partial charge is 0.0725 e. The van der Waals surface area contributed by atoms with Crippen molar-refractivity contribution >= 4 is 21.5 Å². The van der Waals surface area contributed by atoms with E-state index in [1.807, 2.05) is 0 Å². The van der Waals surface area contributed by atoms with Gasteiger partial charge in [-0.2, -0.15) is 0 Å². The van der Waals surface area contributed by atoms with E-state index in [2.05, 4.69) is 212 Å². The molecule has 2 aliphatic rings. The van der Waals surface area contributed by atoms with Gasteiger partial charge in [0.1, 0.15) is 0 Å². The van der Waals surface area contributed by atoms with Crippen LogP contribution in [0, 0.1) is 0 Å². The fraction of sp³-hybridized carbons (Fsp3) is 0.0179. The molecule has 57 heavy (non-hydrogen) atoms. The second kappa shape index (κ2) is 12.3. The molecule has 1 spiro atoms. The molecule has 0 N–H and O–H groups in total. The van der Waals surface area contributed by atoms with Crippen LogP contribution in [0.3, 0.4) is 0 Å². The summed E-state index contributed by atoms with van der Waals surface area (Å²) in [5.74, 6) is 0. The Balaban J connectivity index is 0.979. The molecule has 1 heteroatoms. The second-order valence-corrected chi connectivity index (χ2v) is 15.4. The van der Waals surface area contributed by atoms with Crippen molar-refractivity contribution in [3.63, 3.8) is 0 Å². The third-order valence-electron chi connectivity index (χ3n) is 12.6. The molecule has 10 aromatic rings. The molecule has 1 aromatic heterocycles. The standard InChI is InChI=1S/C56H35N/c1-2-14-36(15-3-1)37-26-28-38(29-27-37)54-44-19-4-6-21-46(44)55(47-22-7-5-20-45(47)54)40-31-33-53(57-35-40)39-30-32-52-48(34-39)43-18-10-13-25-51(43)56(52)49-23-11-8-16-41(49)42-17-9-12-24-50(42)56/h1-35H. The molecule has 1 heterocycles. The first kappa shape index (κ1) is 31.9. The van der Waals surface area contributed by atoms with Gasteiger partial charge in [0.25, 0.3) is 0 Å². The topological polar surface area (TPSA) is 12.9 Å². The molecule has 0 amide bonds. The number of nitrogens with zero attached hydrogens (tertiary/aromatic N) is 1. The molecule has 0 atom stereocenters. The summed E-state index contributed by atoms with van der Waals surface area (Å²) in [5.41, 5.74) is 19.7. The number of hydrogen-bond donors (Lipinski definition) is 0. The summed E-state index contributed by atoms with van der Waals surface area (Å²) < 4.78 is 0. The molecule has 0 bridgehead atoms. The lowest BCUT2D eigenvalue weighted by molar-refractivity contribution is 0.794. The van der Waals surface area contributed by atoms with E-state index in [9.17, 15) is 0 Å². The van der Waals surface area contributed by atoms with Crippen molar-refractivity contribution in [1.82, 2.24) is 4.98 Å². The monoisotopic (exact) mass is 721 g/mol. The molecule has 264 valence electrons. The van der Waals surface area contributed by atoms with Crippen molar-refractivity contribution in [2.75, 3.05) is 0 Å².